The van der Waals surface area contributed by atoms with Gasteiger partial charge in [0, 0.05) is 11.4 Å². The number of hydrogen-bond acceptors (Lipinski definition) is 12. The molecule has 0 aliphatic rings. The number of hydrogen-bond donors (Lipinski definition) is 2. The molecule has 0 bridgehead atoms. The van der Waals surface area contributed by atoms with Crippen LogP contribution in [0.2, 0.25) is 0 Å². The third kappa shape index (κ3) is 9.34. The second kappa shape index (κ2) is 17.1. The van der Waals surface area contributed by atoms with Crippen molar-refractivity contribution in [3.8, 4) is 34.1 Å². The first kappa shape index (κ1) is 36.4. The Morgan fingerprint density at radius 1 is 0.520 bits per heavy atom. The normalized spacial score (nSPS) is 12.2. The van der Waals surface area contributed by atoms with Crippen LogP contribution in [0.4, 0.5) is 22.7 Å². The molecule has 0 radical (unpaired) electrons. The fourth-order valence-electron chi connectivity index (χ4n) is 4.53. The van der Waals surface area contributed by atoms with E-state index >= 15 is 0 Å². The lowest BCUT2D eigenvalue weighted by atomic mass is 10.0. The first-order valence-electron chi connectivity index (χ1n) is 15.2. The van der Waals surface area contributed by atoms with Gasteiger partial charge < -0.3 is 29.6 Å². The number of nitrogens with one attached hydrogen (secondary N) is 2. The third-order valence-corrected chi connectivity index (χ3v) is 7.24. The maximum Gasteiger partial charge on any atom is 0.258 e. The fraction of sp³-hybridized carbons (Fsp3) is 0.222. The second-order valence-electron chi connectivity index (χ2n) is 10.7. The van der Waals surface area contributed by atoms with Gasteiger partial charge in [0.1, 0.15) is 34.4 Å². The van der Waals surface area contributed by atoms with E-state index in [4.69, 9.17) is 18.9 Å². The summed E-state index contributed by atoms with van der Waals surface area (Å²) in [5.41, 5.74) is 2.94. The summed E-state index contributed by atoms with van der Waals surface area (Å²) in [6.45, 7) is 2.51. The van der Waals surface area contributed by atoms with E-state index in [9.17, 15) is 19.2 Å². The minimum atomic E-state index is -1.39. The summed E-state index contributed by atoms with van der Waals surface area (Å²) in [5.74, 6) is -0.367. The molecule has 14 nitrogen and oxygen atoms in total. The van der Waals surface area contributed by atoms with Crippen molar-refractivity contribution >= 4 is 46.1 Å². The quantitative estimate of drug-likeness (QED) is 0.102. The van der Waals surface area contributed by atoms with Crippen molar-refractivity contribution in [3.63, 3.8) is 0 Å². The molecule has 0 saturated heterocycles. The number of carbonyl (C=O) groups excluding carboxylic acids is 4. The Bertz CT molecular complexity index is 1770. The van der Waals surface area contributed by atoms with Crippen molar-refractivity contribution in [2.24, 2.45) is 20.5 Å². The number of anilines is 2. The molecule has 50 heavy (non-hydrogen) atoms. The average molecular weight is 681 g/mol. The minimum absolute atomic E-state index is 0.292. The van der Waals surface area contributed by atoms with E-state index in [2.05, 4.69) is 31.1 Å². The Kier molecular flexibility index (Phi) is 12.5. The molecule has 4 rings (SSSR count). The Hall–Kier alpha value is -6.44. The smallest absolute Gasteiger partial charge is 0.258 e. The number of methoxy groups -OCH3 is 4. The summed E-state index contributed by atoms with van der Waals surface area (Å²) >= 11 is 0. The molecule has 258 valence electrons. The maximum absolute atomic E-state index is 12.8. The lowest BCUT2D eigenvalue weighted by Gasteiger charge is -2.12. The number of azo groups is 2. The first-order chi connectivity index (χ1) is 24.1. The van der Waals surface area contributed by atoms with Gasteiger partial charge in [0.25, 0.3) is 11.8 Å². The molecule has 2 atom stereocenters. The highest BCUT2D eigenvalue weighted by Crippen LogP contribution is 2.37. The molecule has 0 fully saturated rings. The van der Waals surface area contributed by atoms with Gasteiger partial charge >= 0.3 is 0 Å². The molecule has 2 amide bonds. The number of nitrogens with zero attached hydrogens (tertiary/aromatic N) is 4. The number of carbonyl (C=O) groups is 4. The van der Waals surface area contributed by atoms with Crippen LogP contribution >= 0.6 is 0 Å². The van der Waals surface area contributed by atoms with Gasteiger partial charge in [0.2, 0.25) is 12.1 Å². The van der Waals surface area contributed by atoms with Crippen LogP contribution in [0.3, 0.4) is 0 Å². The Labute approximate surface area is 288 Å². The van der Waals surface area contributed by atoms with E-state index < -0.39 is 35.5 Å². The zero-order chi connectivity index (χ0) is 36.2. The van der Waals surface area contributed by atoms with E-state index in [0.717, 1.165) is 0 Å². The molecular formula is C36H36N6O8. The monoisotopic (exact) mass is 680 g/mol. The number of ether oxygens (including phenoxy) is 4. The van der Waals surface area contributed by atoms with Crippen molar-refractivity contribution in [3.05, 3.63) is 84.9 Å². The van der Waals surface area contributed by atoms with Gasteiger partial charge in [-0.25, -0.2) is 0 Å². The van der Waals surface area contributed by atoms with Gasteiger partial charge in [0.15, 0.2) is 11.6 Å². The molecule has 0 saturated carbocycles. The number of rotatable bonds is 15. The van der Waals surface area contributed by atoms with Crippen LogP contribution < -0.4 is 29.6 Å². The molecule has 4 aromatic carbocycles. The maximum atomic E-state index is 12.8. The predicted molar refractivity (Wildman–Crippen MR) is 186 cm³/mol. The Morgan fingerprint density at radius 2 is 0.880 bits per heavy atom. The van der Waals surface area contributed by atoms with Gasteiger partial charge in [-0.1, -0.05) is 12.1 Å². The highest BCUT2D eigenvalue weighted by atomic mass is 16.5. The molecule has 2 N–H and O–H groups in total. The fourth-order valence-corrected chi connectivity index (χ4v) is 4.53. The topological polar surface area (TPSA) is 179 Å². The lowest BCUT2D eigenvalue weighted by molar-refractivity contribution is -0.127. The van der Waals surface area contributed by atoms with Crippen LogP contribution in [0, 0.1) is 0 Å². The van der Waals surface area contributed by atoms with Crippen molar-refractivity contribution in [2.75, 3.05) is 39.1 Å². The van der Waals surface area contributed by atoms with E-state index in [-0.39, 0.29) is 0 Å². The molecular weight excluding hydrogens is 644 g/mol. The molecule has 14 heteroatoms. The summed E-state index contributed by atoms with van der Waals surface area (Å²) in [7, 11) is 5.98. The molecule has 0 spiro atoms. The van der Waals surface area contributed by atoms with E-state index in [1.807, 2.05) is 0 Å². The number of Topliss-reactive ketones (excluding diaryl/α,β-unsaturated/α-hetero) is 2. The Morgan fingerprint density at radius 3 is 1.18 bits per heavy atom. The van der Waals surface area contributed by atoms with Gasteiger partial charge in [-0.15, -0.1) is 0 Å². The van der Waals surface area contributed by atoms with Crippen molar-refractivity contribution in [1.29, 1.82) is 0 Å². The predicted octanol–water partition coefficient (Wildman–Crippen LogP) is 6.75. The van der Waals surface area contributed by atoms with Gasteiger partial charge in [-0.3, -0.25) is 19.2 Å². The van der Waals surface area contributed by atoms with Crippen LogP contribution in [-0.2, 0) is 19.2 Å². The van der Waals surface area contributed by atoms with Crippen LogP contribution in [0.1, 0.15) is 13.8 Å². The minimum Gasteiger partial charge on any atom is -0.497 e. The van der Waals surface area contributed by atoms with Crippen LogP contribution in [0.25, 0.3) is 11.1 Å². The Balaban J connectivity index is 1.51. The van der Waals surface area contributed by atoms with E-state index in [1.165, 1.54) is 42.3 Å². The summed E-state index contributed by atoms with van der Waals surface area (Å²) in [4.78, 5) is 50.3. The second-order valence-corrected chi connectivity index (χ2v) is 10.7. The van der Waals surface area contributed by atoms with Crippen LogP contribution in [-0.4, -0.2) is 63.9 Å². The molecule has 0 heterocycles. The highest BCUT2D eigenvalue weighted by Gasteiger charge is 2.25. The van der Waals surface area contributed by atoms with E-state index in [1.54, 1.807) is 84.9 Å². The van der Waals surface area contributed by atoms with Gasteiger partial charge in [-0.05, 0) is 97.8 Å². The molecule has 0 aromatic heterocycles. The van der Waals surface area contributed by atoms with Gasteiger partial charge in [-0.2, -0.15) is 20.5 Å². The lowest BCUT2D eigenvalue weighted by Crippen LogP contribution is -2.31. The summed E-state index contributed by atoms with van der Waals surface area (Å²) in [6, 6.07) is 20.7. The van der Waals surface area contributed by atoms with E-state index in [0.29, 0.717) is 56.9 Å². The molecule has 4 aromatic rings. The molecule has 0 aliphatic heterocycles. The molecule has 0 aliphatic carbocycles. The average Bonchev–Trinajstić information content (AvgIpc) is 3.12. The first-order valence-corrected chi connectivity index (χ1v) is 15.2. The zero-order valence-corrected chi connectivity index (χ0v) is 28.3. The van der Waals surface area contributed by atoms with Crippen LogP contribution in [0.5, 0.6) is 23.0 Å². The number of amides is 2. The number of ketones is 2. The highest BCUT2D eigenvalue weighted by molar-refractivity contribution is 6.10. The standard InChI is InChI=1S/C36H36N6O8/c1-21(43)33(35(45)37-25-9-13-27(47-3)14-10-25)41-39-29-17-7-23(19-31(29)49-5)24-8-18-30(32(20-24)50-6)40-42-34(22(2)44)36(46)38-26-11-15-28(48-4)16-12-26/h7-20,33-34H,1-6H3,(H,37,45)(H,38,46). The summed E-state index contributed by atoms with van der Waals surface area (Å²) in [5, 5.41) is 21.7. The zero-order valence-electron chi connectivity index (χ0n) is 28.3. The van der Waals surface area contributed by atoms with Gasteiger partial charge in [0.05, 0.1) is 28.4 Å². The van der Waals surface area contributed by atoms with Crippen LogP contribution in [0.15, 0.2) is 105 Å². The van der Waals surface area contributed by atoms with Crippen molar-refractivity contribution in [1.82, 2.24) is 0 Å². The third-order valence-electron chi connectivity index (χ3n) is 7.24. The molecule has 2 unspecified atom stereocenters. The SMILES string of the molecule is COc1ccc(NC(=O)C(N=Nc2ccc(-c3ccc(N=NC(C(C)=O)C(=O)Nc4ccc(OC)cc4)c(OC)c3)cc2OC)C(C)=O)cc1. The van der Waals surface area contributed by atoms with Crippen molar-refractivity contribution in [2.45, 2.75) is 25.9 Å². The summed E-state index contributed by atoms with van der Waals surface area (Å²) < 4.78 is 21.3. The largest absolute Gasteiger partial charge is 0.497 e. The summed E-state index contributed by atoms with van der Waals surface area (Å²) in [6.07, 6.45) is 0. The number of benzene rings is 4. The van der Waals surface area contributed by atoms with Crippen molar-refractivity contribution < 1.29 is 38.1 Å².